The van der Waals surface area contributed by atoms with Crippen LogP contribution in [0, 0.1) is 11.2 Å². The Bertz CT molecular complexity index is 885. The Kier molecular flexibility index (Phi) is 5.61. The van der Waals surface area contributed by atoms with Crippen molar-refractivity contribution in [3.63, 3.8) is 0 Å². The predicted octanol–water partition coefficient (Wildman–Crippen LogP) is 4.02. The quantitative estimate of drug-likeness (QED) is 0.451. The van der Waals surface area contributed by atoms with E-state index in [9.17, 15) is 35.9 Å². The summed E-state index contributed by atoms with van der Waals surface area (Å²) in [7, 11) is -5.89. The van der Waals surface area contributed by atoms with Crippen LogP contribution in [0.15, 0.2) is 18.2 Å². The average Bonchev–Trinajstić information content (AvgIpc) is 2.71. The molecular formula is C17H18F4O5S. The first-order valence-electron chi connectivity index (χ1n) is 8.01. The Morgan fingerprint density at radius 2 is 1.89 bits per heavy atom. The summed E-state index contributed by atoms with van der Waals surface area (Å²) in [6.07, 6.45) is 1.76. The molecule has 0 saturated carbocycles. The van der Waals surface area contributed by atoms with Gasteiger partial charge in [0.25, 0.3) is 0 Å². The van der Waals surface area contributed by atoms with E-state index < -0.39 is 38.6 Å². The SMILES string of the molecule is CC(C)(Cc1ccc2c(c1F)CCCC=C2OS(=O)(=O)C(F)(F)F)C(=O)O. The van der Waals surface area contributed by atoms with Gasteiger partial charge < -0.3 is 9.29 Å². The van der Waals surface area contributed by atoms with Gasteiger partial charge in [-0.05, 0) is 56.7 Å². The monoisotopic (exact) mass is 410 g/mol. The summed E-state index contributed by atoms with van der Waals surface area (Å²) in [5.74, 6) is -2.47. The summed E-state index contributed by atoms with van der Waals surface area (Å²) >= 11 is 0. The summed E-state index contributed by atoms with van der Waals surface area (Å²) in [4.78, 5) is 11.3. The maximum absolute atomic E-state index is 14.9. The van der Waals surface area contributed by atoms with Gasteiger partial charge in [-0.3, -0.25) is 4.79 Å². The topological polar surface area (TPSA) is 80.7 Å². The summed E-state index contributed by atoms with van der Waals surface area (Å²) < 4.78 is 79.6. The van der Waals surface area contributed by atoms with Crippen LogP contribution in [0.25, 0.3) is 5.76 Å². The molecule has 0 heterocycles. The van der Waals surface area contributed by atoms with E-state index in [4.69, 9.17) is 0 Å². The van der Waals surface area contributed by atoms with E-state index in [1.807, 2.05) is 0 Å². The molecule has 1 N–H and O–H groups in total. The molecule has 0 radical (unpaired) electrons. The zero-order valence-corrected chi connectivity index (χ0v) is 15.4. The van der Waals surface area contributed by atoms with Crippen molar-refractivity contribution in [1.29, 1.82) is 0 Å². The van der Waals surface area contributed by atoms with Crippen LogP contribution in [0.3, 0.4) is 0 Å². The summed E-state index contributed by atoms with van der Waals surface area (Å²) in [6, 6.07) is 2.50. The van der Waals surface area contributed by atoms with Crippen molar-refractivity contribution in [2.75, 3.05) is 0 Å². The molecule has 0 saturated heterocycles. The number of carbonyl (C=O) groups is 1. The lowest BCUT2D eigenvalue weighted by Crippen LogP contribution is -2.27. The highest BCUT2D eigenvalue weighted by Gasteiger charge is 2.49. The number of hydrogen-bond acceptors (Lipinski definition) is 4. The van der Waals surface area contributed by atoms with Gasteiger partial charge >= 0.3 is 21.6 Å². The highest BCUT2D eigenvalue weighted by atomic mass is 32.2. The van der Waals surface area contributed by atoms with Gasteiger partial charge in [0.2, 0.25) is 0 Å². The third-order valence-electron chi connectivity index (χ3n) is 4.24. The number of hydrogen-bond donors (Lipinski definition) is 1. The molecule has 0 aromatic heterocycles. The highest BCUT2D eigenvalue weighted by molar-refractivity contribution is 7.87. The number of halogens is 4. The fourth-order valence-corrected chi connectivity index (χ4v) is 3.19. The van der Waals surface area contributed by atoms with Crippen molar-refractivity contribution in [3.8, 4) is 0 Å². The van der Waals surface area contributed by atoms with E-state index in [2.05, 4.69) is 4.18 Å². The first kappa shape index (κ1) is 21.2. The highest BCUT2D eigenvalue weighted by Crippen LogP contribution is 2.36. The largest absolute Gasteiger partial charge is 0.534 e. The minimum absolute atomic E-state index is 0.00909. The number of allylic oxidation sites excluding steroid dienone is 1. The smallest absolute Gasteiger partial charge is 0.481 e. The molecule has 1 aromatic carbocycles. The second-order valence-corrected chi connectivity index (χ2v) is 8.41. The van der Waals surface area contributed by atoms with Crippen LogP contribution in [0.4, 0.5) is 17.6 Å². The first-order chi connectivity index (χ1) is 12.3. The van der Waals surface area contributed by atoms with Gasteiger partial charge in [0.05, 0.1) is 5.41 Å². The fourth-order valence-electron chi connectivity index (χ4n) is 2.70. The van der Waals surface area contributed by atoms with Gasteiger partial charge in [-0.25, -0.2) is 4.39 Å². The fraction of sp³-hybridized carbons (Fsp3) is 0.471. The zero-order chi connectivity index (χ0) is 20.6. The molecule has 0 aliphatic heterocycles. The predicted molar refractivity (Wildman–Crippen MR) is 88.5 cm³/mol. The molecule has 0 amide bonds. The lowest BCUT2D eigenvalue weighted by atomic mass is 9.84. The van der Waals surface area contributed by atoms with Gasteiger partial charge in [0.15, 0.2) is 0 Å². The maximum Gasteiger partial charge on any atom is 0.534 e. The van der Waals surface area contributed by atoms with E-state index in [0.717, 1.165) is 0 Å². The lowest BCUT2D eigenvalue weighted by Gasteiger charge is -2.21. The van der Waals surface area contributed by atoms with Crippen LogP contribution in [0.2, 0.25) is 0 Å². The van der Waals surface area contributed by atoms with E-state index in [-0.39, 0.29) is 36.0 Å². The third-order valence-corrected chi connectivity index (χ3v) is 5.21. The van der Waals surface area contributed by atoms with Crippen LogP contribution < -0.4 is 0 Å². The Morgan fingerprint density at radius 1 is 1.26 bits per heavy atom. The van der Waals surface area contributed by atoms with Crippen molar-refractivity contribution in [3.05, 3.63) is 40.7 Å². The van der Waals surface area contributed by atoms with Crippen molar-refractivity contribution in [2.45, 2.75) is 45.0 Å². The van der Waals surface area contributed by atoms with Crippen LogP contribution in [0.5, 0.6) is 0 Å². The van der Waals surface area contributed by atoms with E-state index in [1.165, 1.54) is 32.1 Å². The standard InChI is InChI=1S/C17H18F4O5S/c1-16(2,15(22)23)9-10-7-8-11-12(14(10)18)5-3-4-6-13(11)26-27(24,25)17(19,20)21/h6-8H,3-5,9H2,1-2H3,(H,22,23). The van der Waals surface area contributed by atoms with Gasteiger partial charge in [-0.1, -0.05) is 12.1 Å². The molecule has 2 rings (SSSR count). The average molecular weight is 410 g/mol. The van der Waals surface area contributed by atoms with Crippen LogP contribution in [-0.4, -0.2) is 25.0 Å². The Morgan fingerprint density at radius 3 is 2.44 bits per heavy atom. The van der Waals surface area contributed by atoms with Crippen molar-refractivity contribution in [1.82, 2.24) is 0 Å². The molecule has 5 nitrogen and oxygen atoms in total. The second kappa shape index (κ2) is 7.14. The van der Waals surface area contributed by atoms with E-state index in [1.54, 1.807) is 0 Å². The van der Waals surface area contributed by atoms with Crippen molar-refractivity contribution < 1.29 is 40.1 Å². The Hall–Kier alpha value is -2.10. The van der Waals surface area contributed by atoms with Gasteiger partial charge in [-0.2, -0.15) is 21.6 Å². The number of carboxylic acid groups (broad SMARTS) is 1. The molecule has 1 aliphatic rings. The second-order valence-electron chi connectivity index (χ2n) is 6.87. The molecule has 1 aromatic rings. The summed E-state index contributed by atoms with van der Waals surface area (Å²) in [5, 5.41) is 9.20. The Balaban J connectivity index is 2.47. The molecule has 0 fully saturated rings. The molecular weight excluding hydrogens is 392 g/mol. The molecule has 27 heavy (non-hydrogen) atoms. The number of rotatable bonds is 5. The molecule has 0 atom stereocenters. The molecule has 1 aliphatic carbocycles. The minimum Gasteiger partial charge on any atom is -0.481 e. The maximum atomic E-state index is 14.9. The van der Waals surface area contributed by atoms with Crippen LogP contribution in [-0.2, 0) is 31.9 Å². The van der Waals surface area contributed by atoms with Crippen LogP contribution in [0.1, 0.15) is 43.4 Å². The molecule has 150 valence electrons. The summed E-state index contributed by atoms with van der Waals surface area (Å²) in [6.45, 7) is 2.84. The number of carboxylic acids is 1. The number of benzene rings is 1. The lowest BCUT2D eigenvalue weighted by molar-refractivity contribution is -0.146. The summed E-state index contributed by atoms with van der Waals surface area (Å²) in [5.41, 5.74) is -6.86. The normalized spacial score (nSPS) is 15.6. The van der Waals surface area contributed by atoms with Gasteiger partial charge in [-0.15, -0.1) is 0 Å². The van der Waals surface area contributed by atoms with E-state index in [0.29, 0.717) is 6.42 Å². The number of fused-ring (bicyclic) bond motifs is 1. The minimum atomic E-state index is -5.89. The molecule has 0 bridgehead atoms. The van der Waals surface area contributed by atoms with Gasteiger partial charge in [0.1, 0.15) is 11.6 Å². The Labute approximate surface area is 153 Å². The number of aliphatic carboxylic acids is 1. The van der Waals surface area contributed by atoms with Crippen molar-refractivity contribution in [2.24, 2.45) is 5.41 Å². The first-order valence-corrected chi connectivity index (χ1v) is 9.42. The van der Waals surface area contributed by atoms with E-state index >= 15 is 0 Å². The van der Waals surface area contributed by atoms with Gasteiger partial charge in [0, 0.05) is 5.56 Å². The molecule has 0 spiro atoms. The third kappa shape index (κ3) is 4.42. The zero-order valence-electron chi connectivity index (χ0n) is 14.6. The van der Waals surface area contributed by atoms with Crippen molar-refractivity contribution >= 4 is 21.8 Å². The van der Waals surface area contributed by atoms with Crippen LogP contribution >= 0.6 is 0 Å². The molecule has 0 unspecified atom stereocenters. The molecule has 10 heteroatoms. The number of alkyl halides is 3.